The molecule has 112 valence electrons. The first-order valence-electron chi connectivity index (χ1n) is 7.46. The van der Waals surface area contributed by atoms with Crippen molar-refractivity contribution in [2.45, 2.75) is 77.4 Å². The average Bonchev–Trinajstić information content (AvgIpc) is 2.53. The molecule has 0 aliphatic heterocycles. The van der Waals surface area contributed by atoms with E-state index >= 15 is 0 Å². The zero-order valence-corrected chi connectivity index (χ0v) is 12.9. The standard InChI is InChI=1S/C15H30N2O2/c1-14(2,3)19-13(18)17-11-15(4,16)12-9-7-5-6-8-10-12/h12H,5-11,16H2,1-4H3,(H,17,18). The van der Waals surface area contributed by atoms with Crippen molar-refractivity contribution >= 4 is 6.09 Å². The van der Waals surface area contributed by atoms with Crippen LogP contribution in [0.25, 0.3) is 0 Å². The van der Waals surface area contributed by atoms with Crippen LogP contribution < -0.4 is 11.1 Å². The Labute approximate surface area is 117 Å². The van der Waals surface area contributed by atoms with Gasteiger partial charge in [0.1, 0.15) is 5.60 Å². The highest BCUT2D eigenvalue weighted by molar-refractivity contribution is 5.67. The molecule has 0 bridgehead atoms. The topological polar surface area (TPSA) is 64.3 Å². The highest BCUT2D eigenvalue weighted by Gasteiger charge is 2.31. The van der Waals surface area contributed by atoms with Gasteiger partial charge in [-0.1, -0.05) is 25.7 Å². The van der Waals surface area contributed by atoms with Crippen molar-refractivity contribution in [2.24, 2.45) is 11.7 Å². The summed E-state index contributed by atoms with van der Waals surface area (Å²) in [6, 6.07) is 0. The van der Waals surface area contributed by atoms with E-state index in [9.17, 15) is 4.79 Å². The molecule has 0 spiro atoms. The molecule has 1 unspecified atom stereocenters. The van der Waals surface area contributed by atoms with E-state index in [1.54, 1.807) is 0 Å². The average molecular weight is 270 g/mol. The molecule has 0 aromatic rings. The van der Waals surface area contributed by atoms with Crippen molar-refractivity contribution in [1.82, 2.24) is 5.32 Å². The summed E-state index contributed by atoms with van der Waals surface area (Å²) in [4.78, 5) is 11.7. The van der Waals surface area contributed by atoms with Crippen molar-refractivity contribution in [2.75, 3.05) is 6.54 Å². The molecule has 1 aliphatic carbocycles. The van der Waals surface area contributed by atoms with Crippen LogP contribution in [0.1, 0.15) is 66.2 Å². The first-order valence-corrected chi connectivity index (χ1v) is 7.46. The predicted molar refractivity (Wildman–Crippen MR) is 78.0 cm³/mol. The largest absolute Gasteiger partial charge is 0.444 e. The lowest BCUT2D eigenvalue weighted by atomic mass is 9.81. The molecule has 4 heteroatoms. The highest BCUT2D eigenvalue weighted by Crippen LogP contribution is 2.29. The van der Waals surface area contributed by atoms with E-state index in [1.165, 1.54) is 38.5 Å². The molecule has 1 atom stereocenters. The normalized spacial score (nSPS) is 21.3. The van der Waals surface area contributed by atoms with Crippen LogP contribution in [0.15, 0.2) is 0 Å². The van der Waals surface area contributed by atoms with E-state index in [2.05, 4.69) is 5.32 Å². The van der Waals surface area contributed by atoms with Crippen LogP contribution in [-0.2, 0) is 4.74 Å². The Morgan fingerprint density at radius 1 is 1.16 bits per heavy atom. The summed E-state index contributed by atoms with van der Waals surface area (Å²) in [5.74, 6) is 0.491. The third kappa shape index (κ3) is 6.28. The summed E-state index contributed by atoms with van der Waals surface area (Å²) in [7, 11) is 0. The Balaban J connectivity index is 2.42. The van der Waals surface area contributed by atoms with E-state index < -0.39 is 5.60 Å². The van der Waals surface area contributed by atoms with Gasteiger partial charge in [0.15, 0.2) is 0 Å². The first-order chi connectivity index (χ1) is 8.71. The molecule has 0 radical (unpaired) electrons. The van der Waals surface area contributed by atoms with Crippen LogP contribution in [0.2, 0.25) is 0 Å². The molecule has 3 N–H and O–H groups in total. The summed E-state index contributed by atoms with van der Waals surface area (Å²) in [6.45, 7) is 8.10. The molecule has 1 aliphatic rings. The van der Waals surface area contributed by atoms with Gasteiger partial charge in [0.2, 0.25) is 0 Å². The lowest BCUT2D eigenvalue weighted by molar-refractivity contribution is 0.0506. The number of hydrogen-bond donors (Lipinski definition) is 2. The summed E-state index contributed by atoms with van der Waals surface area (Å²) >= 11 is 0. The molecule has 0 aromatic heterocycles. The monoisotopic (exact) mass is 270 g/mol. The maximum Gasteiger partial charge on any atom is 0.407 e. The fourth-order valence-electron chi connectivity index (χ4n) is 2.66. The third-order valence-corrected chi connectivity index (χ3v) is 3.80. The molecule has 0 aromatic carbocycles. The van der Waals surface area contributed by atoms with Gasteiger partial charge in [0.25, 0.3) is 0 Å². The number of alkyl carbamates (subject to hydrolysis) is 1. The Kier molecular flexibility index (Phi) is 5.65. The first kappa shape index (κ1) is 16.3. The Morgan fingerprint density at radius 2 is 1.68 bits per heavy atom. The third-order valence-electron chi connectivity index (χ3n) is 3.80. The van der Waals surface area contributed by atoms with Crippen LogP contribution in [0.5, 0.6) is 0 Å². The minimum Gasteiger partial charge on any atom is -0.444 e. The van der Waals surface area contributed by atoms with E-state index in [4.69, 9.17) is 10.5 Å². The Morgan fingerprint density at radius 3 is 2.16 bits per heavy atom. The lowest BCUT2D eigenvalue weighted by Crippen LogP contribution is -2.53. The quantitative estimate of drug-likeness (QED) is 0.774. The van der Waals surface area contributed by atoms with Crippen LogP contribution in [-0.4, -0.2) is 23.8 Å². The summed E-state index contributed by atoms with van der Waals surface area (Å²) in [5.41, 5.74) is 5.60. The SMILES string of the molecule is CC(C)(C)OC(=O)NCC(C)(N)C1CCCCCC1. The maximum absolute atomic E-state index is 11.7. The van der Waals surface area contributed by atoms with Crippen LogP contribution in [0.4, 0.5) is 4.79 Å². The second kappa shape index (κ2) is 6.60. The van der Waals surface area contributed by atoms with Gasteiger partial charge < -0.3 is 15.8 Å². The molecular weight excluding hydrogens is 240 g/mol. The van der Waals surface area contributed by atoms with Crippen molar-refractivity contribution in [1.29, 1.82) is 0 Å². The van der Waals surface area contributed by atoms with Gasteiger partial charge >= 0.3 is 6.09 Å². The van der Waals surface area contributed by atoms with Crippen LogP contribution in [0, 0.1) is 5.92 Å². The van der Waals surface area contributed by atoms with Crippen molar-refractivity contribution < 1.29 is 9.53 Å². The molecule has 1 rings (SSSR count). The second-order valence-corrected chi connectivity index (χ2v) is 7.05. The van der Waals surface area contributed by atoms with E-state index in [1.807, 2.05) is 27.7 Å². The molecule has 1 fully saturated rings. The zero-order chi connectivity index (χ0) is 14.5. The molecule has 0 heterocycles. The van der Waals surface area contributed by atoms with Gasteiger partial charge in [0, 0.05) is 12.1 Å². The maximum atomic E-state index is 11.7. The number of hydrogen-bond acceptors (Lipinski definition) is 3. The van der Waals surface area contributed by atoms with E-state index in [0.29, 0.717) is 12.5 Å². The summed E-state index contributed by atoms with van der Waals surface area (Å²) in [5, 5.41) is 2.81. The van der Waals surface area contributed by atoms with Crippen molar-refractivity contribution in [3.63, 3.8) is 0 Å². The molecule has 19 heavy (non-hydrogen) atoms. The van der Waals surface area contributed by atoms with Gasteiger partial charge in [-0.05, 0) is 46.5 Å². The van der Waals surface area contributed by atoms with Crippen molar-refractivity contribution in [3.8, 4) is 0 Å². The molecule has 1 amide bonds. The fourth-order valence-corrected chi connectivity index (χ4v) is 2.66. The number of ether oxygens (including phenoxy) is 1. The lowest BCUT2D eigenvalue weighted by Gasteiger charge is -2.34. The molecule has 0 saturated heterocycles. The van der Waals surface area contributed by atoms with E-state index in [0.717, 1.165) is 0 Å². The number of carbonyl (C=O) groups excluding carboxylic acids is 1. The molecule has 4 nitrogen and oxygen atoms in total. The zero-order valence-electron chi connectivity index (χ0n) is 12.9. The number of nitrogens with one attached hydrogen (secondary N) is 1. The second-order valence-electron chi connectivity index (χ2n) is 7.05. The van der Waals surface area contributed by atoms with Gasteiger partial charge in [-0.3, -0.25) is 0 Å². The predicted octanol–water partition coefficient (Wildman–Crippen LogP) is 3.20. The number of carbonyl (C=O) groups is 1. The Bertz CT molecular complexity index is 287. The number of rotatable bonds is 3. The molecular formula is C15H30N2O2. The molecule has 1 saturated carbocycles. The van der Waals surface area contributed by atoms with E-state index in [-0.39, 0.29) is 11.6 Å². The van der Waals surface area contributed by atoms with Crippen LogP contribution in [0.3, 0.4) is 0 Å². The summed E-state index contributed by atoms with van der Waals surface area (Å²) < 4.78 is 5.24. The van der Waals surface area contributed by atoms with Gasteiger partial charge in [0.05, 0.1) is 0 Å². The minimum atomic E-state index is -0.461. The number of amides is 1. The summed E-state index contributed by atoms with van der Waals surface area (Å²) in [6.07, 6.45) is 7.09. The smallest absolute Gasteiger partial charge is 0.407 e. The van der Waals surface area contributed by atoms with Gasteiger partial charge in [-0.15, -0.1) is 0 Å². The van der Waals surface area contributed by atoms with Crippen molar-refractivity contribution in [3.05, 3.63) is 0 Å². The van der Waals surface area contributed by atoms with Gasteiger partial charge in [-0.25, -0.2) is 4.79 Å². The Hall–Kier alpha value is -0.770. The minimum absolute atomic E-state index is 0.346. The van der Waals surface area contributed by atoms with Gasteiger partial charge in [-0.2, -0.15) is 0 Å². The highest BCUT2D eigenvalue weighted by atomic mass is 16.6. The number of nitrogens with two attached hydrogens (primary N) is 1. The van der Waals surface area contributed by atoms with Crippen LogP contribution >= 0.6 is 0 Å². The fraction of sp³-hybridized carbons (Fsp3) is 0.933.